The molecule has 4 heterocycles. The predicted molar refractivity (Wildman–Crippen MR) is 127 cm³/mol. The number of fused-ring (bicyclic) bond motifs is 3. The van der Waals surface area contributed by atoms with Gasteiger partial charge in [0, 0.05) is 31.1 Å². The van der Waals surface area contributed by atoms with Gasteiger partial charge in [0.05, 0.1) is 28.9 Å². The zero-order valence-corrected chi connectivity index (χ0v) is 20.6. The number of alkyl halides is 2. The van der Waals surface area contributed by atoms with Crippen molar-refractivity contribution in [2.45, 2.75) is 75.5 Å². The van der Waals surface area contributed by atoms with Crippen molar-refractivity contribution in [1.29, 1.82) is 5.26 Å². The molecule has 3 aliphatic heterocycles. The molecule has 1 aromatic rings. The Hall–Kier alpha value is -3.00. The van der Waals surface area contributed by atoms with Crippen LogP contribution in [0.2, 0.25) is 5.02 Å². The third-order valence-electron chi connectivity index (χ3n) is 7.31. The van der Waals surface area contributed by atoms with Gasteiger partial charge in [0.1, 0.15) is 18.1 Å². The molecular formula is C24H29ClF2N6O3. The van der Waals surface area contributed by atoms with Gasteiger partial charge in [-0.3, -0.25) is 19.4 Å². The van der Waals surface area contributed by atoms with Crippen LogP contribution in [0.1, 0.15) is 45.4 Å². The Morgan fingerprint density at radius 1 is 1.36 bits per heavy atom. The highest BCUT2D eigenvalue weighted by Gasteiger charge is 2.60. The number of nitrogens with zero attached hydrogens (tertiary/aromatic N) is 3. The summed E-state index contributed by atoms with van der Waals surface area (Å²) in [6, 6.07) is -0.547. The number of halogens is 3. The van der Waals surface area contributed by atoms with Gasteiger partial charge in [-0.15, -0.1) is 0 Å². The number of piperidine rings is 3. The van der Waals surface area contributed by atoms with Crippen LogP contribution in [0.5, 0.6) is 0 Å². The Bertz CT molecular complexity index is 1070. The predicted octanol–water partition coefficient (Wildman–Crippen LogP) is 2.47. The van der Waals surface area contributed by atoms with E-state index in [0.29, 0.717) is 30.1 Å². The summed E-state index contributed by atoms with van der Waals surface area (Å²) in [6.45, 7) is 2.14. The summed E-state index contributed by atoms with van der Waals surface area (Å²) in [5.74, 6) is -6.39. The summed E-state index contributed by atoms with van der Waals surface area (Å²) in [5.41, 5.74) is 0.479. The van der Waals surface area contributed by atoms with Crippen LogP contribution < -0.4 is 16.0 Å². The first-order chi connectivity index (χ1) is 17.1. The van der Waals surface area contributed by atoms with Gasteiger partial charge in [0.15, 0.2) is 0 Å². The Labute approximate surface area is 212 Å². The van der Waals surface area contributed by atoms with E-state index in [1.807, 2.05) is 6.07 Å². The smallest absolute Gasteiger partial charge is 0.255 e. The lowest BCUT2D eigenvalue weighted by Crippen LogP contribution is -2.70. The van der Waals surface area contributed by atoms with E-state index in [2.05, 4.69) is 20.9 Å². The number of amides is 3. The molecule has 9 nitrogen and oxygen atoms in total. The summed E-state index contributed by atoms with van der Waals surface area (Å²) >= 11 is 5.96. The normalized spacial score (nSPS) is 28.4. The number of pyridine rings is 1. The third-order valence-corrected chi connectivity index (χ3v) is 7.52. The zero-order chi connectivity index (χ0) is 26.0. The minimum atomic E-state index is -3.11. The van der Waals surface area contributed by atoms with E-state index in [0.717, 1.165) is 6.42 Å². The lowest BCUT2D eigenvalue weighted by Gasteiger charge is -2.54. The highest BCUT2D eigenvalue weighted by molar-refractivity contribution is 6.30. The summed E-state index contributed by atoms with van der Waals surface area (Å²) in [4.78, 5) is 44.2. The van der Waals surface area contributed by atoms with Gasteiger partial charge in [-0.05, 0) is 45.1 Å². The Morgan fingerprint density at radius 2 is 2.14 bits per heavy atom. The summed E-state index contributed by atoms with van der Waals surface area (Å²) < 4.78 is 29.8. The molecule has 0 aromatic carbocycles. The van der Waals surface area contributed by atoms with Crippen LogP contribution in [0.15, 0.2) is 18.5 Å². The minimum Gasteiger partial charge on any atom is -0.373 e. The van der Waals surface area contributed by atoms with Crippen molar-refractivity contribution in [1.82, 2.24) is 20.5 Å². The van der Waals surface area contributed by atoms with E-state index < -0.39 is 60.2 Å². The van der Waals surface area contributed by atoms with E-state index in [9.17, 15) is 28.4 Å². The number of carbonyl (C=O) groups excluding carboxylic acids is 3. The van der Waals surface area contributed by atoms with Gasteiger partial charge in [-0.2, -0.15) is 5.26 Å². The van der Waals surface area contributed by atoms with Crippen molar-refractivity contribution in [3.8, 4) is 6.07 Å². The van der Waals surface area contributed by atoms with E-state index in [1.165, 1.54) is 17.3 Å². The number of nitrogens with one attached hydrogen (secondary N) is 3. The molecule has 12 heteroatoms. The number of anilines is 1. The van der Waals surface area contributed by atoms with Gasteiger partial charge in [0.25, 0.3) is 5.92 Å². The fourth-order valence-electron chi connectivity index (χ4n) is 5.60. The first kappa shape index (κ1) is 26.1. The molecule has 3 N–H and O–H groups in total. The average Bonchev–Trinajstić information content (AvgIpc) is 2.83. The van der Waals surface area contributed by atoms with Crippen LogP contribution in [0.4, 0.5) is 14.5 Å². The Balaban J connectivity index is 1.52. The van der Waals surface area contributed by atoms with Crippen molar-refractivity contribution in [2.75, 3.05) is 11.9 Å². The fourth-order valence-corrected chi connectivity index (χ4v) is 5.77. The first-order valence-electron chi connectivity index (χ1n) is 12.2. The van der Waals surface area contributed by atoms with Crippen molar-refractivity contribution < 1.29 is 23.2 Å². The minimum absolute atomic E-state index is 0.0823. The molecule has 36 heavy (non-hydrogen) atoms. The number of hydrogen-bond donors (Lipinski definition) is 3. The van der Waals surface area contributed by atoms with Crippen LogP contribution >= 0.6 is 11.6 Å². The molecule has 3 amide bonds. The number of aromatic nitrogens is 1. The largest absolute Gasteiger partial charge is 0.373 e. The second-order valence-electron chi connectivity index (χ2n) is 9.81. The molecule has 1 aliphatic carbocycles. The average molecular weight is 523 g/mol. The molecule has 4 aliphatic rings. The van der Waals surface area contributed by atoms with Gasteiger partial charge in [-0.25, -0.2) is 8.78 Å². The lowest BCUT2D eigenvalue weighted by atomic mass is 9.71. The second kappa shape index (κ2) is 10.5. The Kier molecular flexibility index (Phi) is 7.64. The zero-order valence-electron chi connectivity index (χ0n) is 19.8. The van der Waals surface area contributed by atoms with Gasteiger partial charge < -0.3 is 20.9 Å². The highest BCUT2D eigenvalue weighted by Crippen LogP contribution is 2.49. The highest BCUT2D eigenvalue weighted by atomic mass is 35.5. The van der Waals surface area contributed by atoms with Crippen LogP contribution in [-0.4, -0.2) is 64.2 Å². The van der Waals surface area contributed by atoms with Gasteiger partial charge in [0.2, 0.25) is 17.7 Å². The maximum Gasteiger partial charge on any atom is 0.255 e. The van der Waals surface area contributed by atoms with Crippen molar-refractivity contribution in [3.63, 3.8) is 0 Å². The quantitative estimate of drug-likeness (QED) is 0.505. The van der Waals surface area contributed by atoms with Crippen LogP contribution in [0.25, 0.3) is 0 Å². The van der Waals surface area contributed by atoms with Gasteiger partial charge >= 0.3 is 0 Å². The number of carbonyl (C=O) groups is 3. The molecule has 2 bridgehead atoms. The molecule has 5 rings (SSSR count). The second-order valence-corrected chi connectivity index (χ2v) is 10.2. The van der Waals surface area contributed by atoms with Crippen molar-refractivity contribution >= 4 is 35.0 Å². The number of hydrogen-bond acceptors (Lipinski definition) is 6. The molecule has 0 radical (unpaired) electrons. The molecule has 0 unspecified atom stereocenters. The molecular weight excluding hydrogens is 494 g/mol. The SMILES string of the molecule is C[C@H](Nc1cncc(Cl)c1)C(=O)N1[C@H]2CC[C@@H]([C@@H]1C(=O)N[C@@H](C#N)C[C@@H]1CCCNC1=O)C(F)(F)C2. The third kappa shape index (κ3) is 5.38. The molecule has 0 spiro atoms. The monoisotopic (exact) mass is 522 g/mol. The van der Waals surface area contributed by atoms with E-state index in [-0.39, 0.29) is 18.7 Å². The standard InChI is InChI=1S/C24H29ClF2N6O3/c1-13(31-17-8-15(25)11-29-12-17)23(36)33-18-4-5-19(24(26,27)9-18)20(33)22(35)32-16(10-28)7-14-3-2-6-30-21(14)34/h8,11-14,16,18-20,31H,2-7,9H2,1H3,(H,30,34)(H,32,35)/t13-,14-,16+,18-,19-,20+/m0/s1. The van der Waals surface area contributed by atoms with Crippen molar-refractivity contribution in [2.24, 2.45) is 11.8 Å². The maximum absolute atomic E-state index is 14.9. The summed E-state index contributed by atoms with van der Waals surface area (Å²) in [6.07, 6.45) is 4.30. The molecule has 1 aromatic heterocycles. The number of rotatable bonds is 7. The lowest BCUT2D eigenvalue weighted by molar-refractivity contribution is -0.194. The van der Waals surface area contributed by atoms with Crippen LogP contribution in [0, 0.1) is 23.2 Å². The maximum atomic E-state index is 14.9. The summed E-state index contributed by atoms with van der Waals surface area (Å²) in [5, 5.41) is 18.3. The molecule has 3 saturated heterocycles. The van der Waals surface area contributed by atoms with Crippen molar-refractivity contribution in [3.05, 3.63) is 23.5 Å². The van der Waals surface area contributed by atoms with E-state index >= 15 is 0 Å². The van der Waals surface area contributed by atoms with Crippen LogP contribution in [-0.2, 0) is 14.4 Å². The number of nitriles is 1. The topological polar surface area (TPSA) is 127 Å². The molecule has 4 fully saturated rings. The van der Waals surface area contributed by atoms with Gasteiger partial charge in [-0.1, -0.05) is 11.6 Å². The fraction of sp³-hybridized carbons (Fsp3) is 0.625. The van der Waals surface area contributed by atoms with E-state index in [1.54, 1.807) is 13.0 Å². The Morgan fingerprint density at radius 3 is 2.81 bits per heavy atom. The molecule has 6 atom stereocenters. The molecule has 1 saturated carbocycles. The van der Waals surface area contributed by atoms with Crippen LogP contribution in [0.3, 0.4) is 0 Å². The van der Waals surface area contributed by atoms with E-state index in [4.69, 9.17) is 11.6 Å². The molecule has 194 valence electrons. The summed E-state index contributed by atoms with van der Waals surface area (Å²) in [7, 11) is 0. The first-order valence-corrected chi connectivity index (χ1v) is 12.5.